The molecule has 6 aromatic rings. The number of hydrogen-bond donors (Lipinski definition) is 1. The average Bonchev–Trinajstić information content (AvgIpc) is 3.22. The van der Waals surface area contributed by atoms with Crippen molar-refractivity contribution in [1.29, 1.82) is 0 Å². The molecule has 0 unspecified atom stereocenters. The van der Waals surface area contributed by atoms with Crippen LogP contribution in [0.25, 0.3) is 50.4 Å². The van der Waals surface area contributed by atoms with E-state index in [9.17, 15) is 18.3 Å². The number of rotatable bonds is 5. The van der Waals surface area contributed by atoms with Crippen molar-refractivity contribution in [2.45, 2.75) is 38.0 Å². The fourth-order valence-electron chi connectivity index (χ4n) is 5.56. The summed E-state index contributed by atoms with van der Waals surface area (Å²) in [6.45, 7) is 1.67. The van der Waals surface area contributed by atoms with Crippen molar-refractivity contribution < 1.29 is 18.3 Å². The van der Waals surface area contributed by atoms with Gasteiger partial charge in [0.15, 0.2) is 11.5 Å². The van der Waals surface area contributed by atoms with Crippen LogP contribution in [0.1, 0.15) is 48.9 Å². The summed E-state index contributed by atoms with van der Waals surface area (Å²) in [5, 5.41) is 25.2. The Morgan fingerprint density at radius 1 is 0.976 bits per heavy atom. The third-order valence-corrected chi connectivity index (χ3v) is 7.58. The molecule has 0 radical (unpaired) electrons. The molecule has 1 atom stereocenters. The van der Waals surface area contributed by atoms with Crippen LogP contribution < -0.4 is 0 Å². The first kappa shape index (κ1) is 25.4. The second-order valence-corrected chi connectivity index (χ2v) is 10.6. The van der Waals surface area contributed by atoms with Crippen LogP contribution in [0.15, 0.2) is 42.7 Å². The number of imidazole rings is 1. The van der Waals surface area contributed by atoms with Gasteiger partial charge in [-0.15, -0.1) is 0 Å². The largest absolute Gasteiger partial charge is 0.433 e. The van der Waals surface area contributed by atoms with E-state index in [-0.39, 0.29) is 5.82 Å². The fourth-order valence-corrected chi connectivity index (χ4v) is 5.56. The molecular weight excluding hydrogens is 535 g/mol. The molecule has 13 heteroatoms. The van der Waals surface area contributed by atoms with Crippen LogP contribution in [-0.4, -0.2) is 49.0 Å². The summed E-state index contributed by atoms with van der Waals surface area (Å²) in [6, 6.07) is 8.57. The fraction of sp³-hybridized carbons (Fsp3) is 0.321. The van der Waals surface area contributed by atoms with Gasteiger partial charge in [0.1, 0.15) is 11.5 Å². The Balaban J connectivity index is 1.41. The first-order valence-corrected chi connectivity index (χ1v) is 13.2. The van der Waals surface area contributed by atoms with Gasteiger partial charge in [-0.25, -0.2) is 14.6 Å². The number of aryl methyl sites for hydroxylation is 2. The molecule has 1 fully saturated rings. The summed E-state index contributed by atoms with van der Waals surface area (Å²) in [5.74, 6) is 1.06. The molecule has 1 aliphatic rings. The van der Waals surface area contributed by atoms with Crippen molar-refractivity contribution >= 4 is 21.9 Å². The minimum absolute atomic E-state index is 0.0727. The van der Waals surface area contributed by atoms with E-state index < -0.39 is 18.0 Å². The molecule has 0 saturated heterocycles. The van der Waals surface area contributed by atoms with Crippen LogP contribution in [0.2, 0.25) is 0 Å². The molecule has 7 rings (SSSR count). The van der Waals surface area contributed by atoms with Crippen LogP contribution in [-0.2, 0) is 27.3 Å². The first-order valence-electron chi connectivity index (χ1n) is 13.2. The molecule has 0 bridgehead atoms. The summed E-state index contributed by atoms with van der Waals surface area (Å²) in [5.41, 5.74) is 4.15. The number of fused-ring (bicyclic) bond motifs is 2. The Hall–Kier alpha value is -4.52. The standard InChI is InChI=1S/C28H26F3N9O/c1-14(41)23-18(10-16-12-37(2)36-26(16)32-23)27-33-24(25(38(27)3)15-8-9-15)17-6-5-7-20-19(17)13-40(34-20)22-11-21(28(29,30)31)39(4)35-22/h5-7,10-15,41H,8-9H2,1-4H3/t14-/m1/s1. The molecule has 0 aliphatic heterocycles. The van der Waals surface area contributed by atoms with Gasteiger partial charge in [-0.3, -0.25) is 9.36 Å². The molecule has 1 aromatic carbocycles. The Bertz CT molecular complexity index is 1970. The van der Waals surface area contributed by atoms with E-state index in [1.165, 1.54) is 11.7 Å². The number of aromatic nitrogens is 9. The van der Waals surface area contributed by atoms with Gasteiger partial charge >= 0.3 is 6.18 Å². The summed E-state index contributed by atoms with van der Waals surface area (Å²) >= 11 is 0. The van der Waals surface area contributed by atoms with Crippen molar-refractivity contribution in [2.24, 2.45) is 21.1 Å². The zero-order valence-electron chi connectivity index (χ0n) is 22.7. The van der Waals surface area contributed by atoms with Gasteiger partial charge in [-0.05, 0) is 31.9 Å². The first-order chi connectivity index (χ1) is 19.5. The number of hydrogen-bond acceptors (Lipinski definition) is 6. The van der Waals surface area contributed by atoms with Gasteiger partial charge in [0.05, 0.1) is 23.0 Å². The van der Waals surface area contributed by atoms with Gasteiger partial charge in [0.25, 0.3) is 0 Å². The van der Waals surface area contributed by atoms with Crippen molar-refractivity contribution in [3.63, 3.8) is 0 Å². The van der Waals surface area contributed by atoms with Crippen LogP contribution in [0, 0.1) is 0 Å². The molecule has 5 heterocycles. The monoisotopic (exact) mass is 561 g/mol. The number of aliphatic hydroxyl groups is 1. The third kappa shape index (κ3) is 4.10. The number of pyridine rings is 1. The highest BCUT2D eigenvalue weighted by Gasteiger charge is 2.36. The highest BCUT2D eigenvalue weighted by molar-refractivity contribution is 5.95. The quantitative estimate of drug-likeness (QED) is 0.316. The minimum Gasteiger partial charge on any atom is -0.387 e. The molecule has 10 nitrogen and oxygen atoms in total. The molecule has 0 spiro atoms. The number of benzene rings is 1. The topological polar surface area (TPSA) is 104 Å². The van der Waals surface area contributed by atoms with E-state index >= 15 is 0 Å². The number of aliphatic hydroxyl groups excluding tert-OH is 1. The van der Waals surface area contributed by atoms with Crippen LogP contribution in [0.4, 0.5) is 13.2 Å². The normalized spacial score (nSPS) is 14.9. The van der Waals surface area contributed by atoms with Crippen molar-refractivity contribution in [3.8, 4) is 28.5 Å². The minimum atomic E-state index is -4.53. The van der Waals surface area contributed by atoms with Gasteiger partial charge in [0.2, 0.25) is 0 Å². The Labute approximate surface area is 231 Å². The Morgan fingerprint density at radius 3 is 2.44 bits per heavy atom. The van der Waals surface area contributed by atoms with Gasteiger partial charge in [-0.1, -0.05) is 12.1 Å². The third-order valence-electron chi connectivity index (χ3n) is 7.58. The van der Waals surface area contributed by atoms with E-state index in [2.05, 4.69) is 24.8 Å². The maximum absolute atomic E-state index is 13.4. The molecule has 5 aromatic heterocycles. The van der Waals surface area contributed by atoms with E-state index in [0.29, 0.717) is 34.2 Å². The van der Waals surface area contributed by atoms with Crippen LogP contribution in [0.5, 0.6) is 0 Å². The summed E-state index contributed by atoms with van der Waals surface area (Å²) in [4.78, 5) is 9.79. The van der Waals surface area contributed by atoms with Gasteiger partial charge in [-0.2, -0.15) is 28.5 Å². The van der Waals surface area contributed by atoms with Crippen molar-refractivity contribution in [2.75, 3.05) is 0 Å². The number of halogens is 3. The molecule has 0 amide bonds. The molecular formula is C28H26F3N9O. The Morgan fingerprint density at radius 2 is 1.76 bits per heavy atom. The number of alkyl halides is 3. The van der Waals surface area contributed by atoms with E-state index in [0.717, 1.165) is 51.3 Å². The smallest absolute Gasteiger partial charge is 0.387 e. The second-order valence-electron chi connectivity index (χ2n) is 10.6. The summed E-state index contributed by atoms with van der Waals surface area (Å²) in [7, 11) is 5.05. The lowest BCUT2D eigenvalue weighted by Gasteiger charge is -2.12. The zero-order valence-corrected chi connectivity index (χ0v) is 22.7. The maximum Gasteiger partial charge on any atom is 0.433 e. The van der Waals surface area contributed by atoms with Crippen molar-refractivity contribution in [3.05, 3.63) is 59.8 Å². The maximum atomic E-state index is 13.4. The highest BCUT2D eigenvalue weighted by atomic mass is 19.4. The van der Waals surface area contributed by atoms with Crippen molar-refractivity contribution in [1.82, 2.24) is 43.9 Å². The lowest BCUT2D eigenvalue weighted by atomic mass is 10.0. The summed E-state index contributed by atoms with van der Waals surface area (Å²) in [6.07, 6.45) is 0.252. The van der Waals surface area contributed by atoms with E-state index in [1.807, 2.05) is 44.6 Å². The lowest BCUT2D eigenvalue weighted by molar-refractivity contribution is -0.143. The molecule has 41 heavy (non-hydrogen) atoms. The van der Waals surface area contributed by atoms with E-state index in [4.69, 9.17) is 4.98 Å². The number of nitrogens with zero attached hydrogens (tertiary/aromatic N) is 9. The average molecular weight is 562 g/mol. The summed E-state index contributed by atoms with van der Waals surface area (Å²) < 4.78 is 46.2. The highest BCUT2D eigenvalue weighted by Crippen LogP contribution is 2.47. The SMILES string of the molecule is C[C@@H](O)c1nc2nn(C)cc2cc1-c1nc(-c2cccc3nn(-c4cc(C(F)(F)F)n(C)n4)cc23)c(C2CC2)n1C. The zero-order chi connectivity index (χ0) is 28.8. The molecule has 1 aliphatic carbocycles. The lowest BCUT2D eigenvalue weighted by Crippen LogP contribution is -2.11. The molecule has 210 valence electrons. The van der Waals surface area contributed by atoms with Crippen LogP contribution >= 0.6 is 0 Å². The second kappa shape index (κ2) is 8.74. The van der Waals surface area contributed by atoms with Gasteiger partial charge < -0.3 is 9.67 Å². The Kier molecular flexibility index (Phi) is 5.42. The van der Waals surface area contributed by atoms with E-state index in [1.54, 1.807) is 17.8 Å². The predicted octanol–water partition coefficient (Wildman–Crippen LogP) is 5.06. The molecule has 1 N–H and O–H groups in total. The molecule has 1 saturated carbocycles. The predicted molar refractivity (Wildman–Crippen MR) is 145 cm³/mol. The van der Waals surface area contributed by atoms with Gasteiger partial charge in [0, 0.05) is 73.1 Å². The van der Waals surface area contributed by atoms with Crippen LogP contribution in [0.3, 0.4) is 0 Å².